The van der Waals surface area contributed by atoms with Crippen molar-refractivity contribution in [3.8, 4) is 0 Å². The van der Waals surface area contributed by atoms with Crippen LogP contribution in [0.15, 0.2) is 113 Å². The fourth-order valence-electron chi connectivity index (χ4n) is 4.70. The number of amides is 1. The highest BCUT2D eigenvalue weighted by Gasteiger charge is 2.32. The number of hydrogen-bond acceptors (Lipinski definition) is 7. The first-order chi connectivity index (χ1) is 20.8. The Morgan fingerprint density at radius 3 is 2.16 bits per heavy atom. The molecule has 1 heterocycles. The van der Waals surface area contributed by atoms with E-state index in [9.17, 15) is 18.3 Å². The van der Waals surface area contributed by atoms with Gasteiger partial charge in [-0.2, -0.15) is 0 Å². The quantitative estimate of drug-likeness (QED) is 0.178. The van der Waals surface area contributed by atoms with Gasteiger partial charge in [-0.05, 0) is 53.1 Å². The van der Waals surface area contributed by atoms with Gasteiger partial charge in [-0.1, -0.05) is 66.7 Å². The van der Waals surface area contributed by atoms with Gasteiger partial charge >= 0.3 is 0 Å². The molecule has 10 heteroatoms. The lowest BCUT2D eigenvalue weighted by Crippen LogP contribution is -2.31. The summed E-state index contributed by atoms with van der Waals surface area (Å²) in [7, 11) is -3.61. The Kier molecular flexibility index (Phi) is 10.3. The van der Waals surface area contributed by atoms with Crippen LogP contribution >= 0.6 is 11.8 Å². The number of anilines is 1. The number of thioether (sulfide) groups is 1. The van der Waals surface area contributed by atoms with Gasteiger partial charge in [-0.3, -0.25) is 4.79 Å². The summed E-state index contributed by atoms with van der Waals surface area (Å²) < 4.78 is 40.7. The predicted molar refractivity (Wildman–Crippen MR) is 167 cm³/mol. The second-order valence-electron chi connectivity index (χ2n) is 10.2. The minimum atomic E-state index is -3.61. The Labute approximate surface area is 256 Å². The van der Waals surface area contributed by atoms with Crippen molar-refractivity contribution in [2.45, 2.75) is 54.8 Å². The molecule has 1 aliphatic heterocycles. The smallest absolute Gasteiger partial charge is 0.240 e. The van der Waals surface area contributed by atoms with Crippen LogP contribution < -0.4 is 10.0 Å². The minimum Gasteiger partial charge on any atom is -0.392 e. The predicted octanol–water partition coefficient (Wildman–Crippen LogP) is 5.95. The standard InChI is InChI=1S/C33H34N2O6S2/c1-23(37)35-28-15-17-30(18-16-28)42-22-29-19-32(26-11-9-25(21-36)10-12-26)41-33(40-29)27-13-7-24(8-14-27)20-34-43(38,39)31-5-3-2-4-6-31/h2-18,29,32-34,36H,19-22H2,1H3,(H,35,37)/t29-,32+,33+/m1/s1. The van der Waals surface area contributed by atoms with Gasteiger partial charge in [0.2, 0.25) is 15.9 Å². The lowest BCUT2D eigenvalue weighted by molar-refractivity contribution is -0.245. The van der Waals surface area contributed by atoms with E-state index < -0.39 is 16.3 Å². The molecule has 0 radical (unpaired) electrons. The number of benzene rings is 4. The summed E-state index contributed by atoms with van der Waals surface area (Å²) in [4.78, 5) is 12.6. The molecule has 1 fully saturated rings. The van der Waals surface area contributed by atoms with Gasteiger partial charge in [0.1, 0.15) is 0 Å². The van der Waals surface area contributed by atoms with Crippen LogP contribution in [0.2, 0.25) is 0 Å². The molecule has 8 nitrogen and oxygen atoms in total. The highest BCUT2D eigenvalue weighted by atomic mass is 32.2. The second-order valence-corrected chi connectivity index (χ2v) is 13.1. The molecule has 1 amide bonds. The number of nitrogens with one attached hydrogen (secondary N) is 2. The van der Waals surface area contributed by atoms with E-state index in [0.29, 0.717) is 12.2 Å². The summed E-state index contributed by atoms with van der Waals surface area (Å²) in [5.74, 6) is 0.589. The number of sulfonamides is 1. The van der Waals surface area contributed by atoms with Gasteiger partial charge < -0.3 is 19.9 Å². The summed E-state index contributed by atoms with van der Waals surface area (Å²) in [6.45, 7) is 1.62. The Balaban J connectivity index is 1.27. The third kappa shape index (κ3) is 8.54. The molecule has 3 atom stereocenters. The van der Waals surface area contributed by atoms with Crippen LogP contribution in [-0.4, -0.2) is 31.3 Å². The summed E-state index contributed by atoms with van der Waals surface area (Å²) in [5.41, 5.74) is 4.24. The van der Waals surface area contributed by atoms with Crippen molar-refractivity contribution >= 4 is 33.4 Å². The molecule has 1 aliphatic rings. The number of aliphatic hydroxyl groups is 1. The fraction of sp³-hybridized carbons (Fsp3) is 0.242. The van der Waals surface area contributed by atoms with E-state index in [1.807, 2.05) is 72.8 Å². The molecule has 3 N–H and O–H groups in total. The molecule has 5 rings (SSSR count). The number of ether oxygens (including phenoxy) is 2. The van der Waals surface area contributed by atoms with Gasteiger partial charge in [-0.15, -0.1) is 11.8 Å². The zero-order valence-corrected chi connectivity index (χ0v) is 25.3. The fourth-order valence-corrected chi connectivity index (χ4v) is 6.66. The van der Waals surface area contributed by atoms with E-state index in [4.69, 9.17) is 9.47 Å². The highest BCUT2D eigenvalue weighted by molar-refractivity contribution is 7.99. The van der Waals surface area contributed by atoms with Crippen molar-refractivity contribution in [2.75, 3.05) is 11.1 Å². The van der Waals surface area contributed by atoms with Crippen LogP contribution in [0, 0.1) is 0 Å². The zero-order valence-electron chi connectivity index (χ0n) is 23.7. The Morgan fingerprint density at radius 1 is 0.860 bits per heavy atom. The molecule has 0 saturated carbocycles. The van der Waals surface area contributed by atoms with Crippen LogP contribution in [0.3, 0.4) is 0 Å². The van der Waals surface area contributed by atoms with Crippen LogP contribution in [0.5, 0.6) is 0 Å². The van der Waals surface area contributed by atoms with Crippen molar-refractivity contribution in [1.29, 1.82) is 0 Å². The number of carbonyl (C=O) groups excluding carboxylic acids is 1. The third-order valence-corrected chi connectivity index (χ3v) is 9.56. The number of rotatable bonds is 11. The molecule has 0 aromatic heterocycles. The van der Waals surface area contributed by atoms with Crippen molar-refractivity contribution < 1.29 is 27.8 Å². The maximum Gasteiger partial charge on any atom is 0.240 e. The maximum absolute atomic E-state index is 12.6. The summed E-state index contributed by atoms with van der Waals surface area (Å²) in [6, 6.07) is 31.3. The maximum atomic E-state index is 12.6. The SMILES string of the molecule is CC(=O)Nc1ccc(SC[C@H]2C[C@@H](c3ccc(CO)cc3)O[C@@H](c3ccc(CNS(=O)(=O)c4ccccc4)cc3)O2)cc1. The molecular formula is C33H34N2O6S2. The average molecular weight is 619 g/mol. The lowest BCUT2D eigenvalue weighted by Gasteiger charge is -2.36. The summed E-state index contributed by atoms with van der Waals surface area (Å²) in [6.07, 6.45) is -0.278. The van der Waals surface area contributed by atoms with E-state index in [0.717, 1.165) is 32.8 Å². The van der Waals surface area contributed by atoms with Crippen LogP contribution in [0.25, 0.3) is 0 Å². The van der Waals surface area contributed by atoms with E-state index in [1.54, 1.807) is 42.1 Å². The van der Waals surface area contributed by atoms with E-state index in [1.165, 1.54) is 6.92 Å². The molecule has 4 aromatic carbocycles. The van der Waals surface area contributed by atoms with Gasteiger partial charge in [0.25, 0.3) is 0 Å². The molecular weight excluding hydrogens is 585 g/mol. The first-order valence-corrected chi connectivity index (χ1v) is 16.4. The lowest BCUT2D eigenvalue weighted by atomic mass is 10.0. The van der Waals surface area contributed by atoms with E-state index >= 15 is 0 Å². The summed E-state index contributed by atoms with van der Waals surface area (Å²) in [5, 5.41) is 12.2. The molecule has 0 aliphatic carbocycles. The molecule has 0 spiro atoms. The third-order valence-electron chi connectivity index (χ3n) is 7.00. The summed E-state index contributed by atoms with van der Waals surface area (Å²) >= 11 is 1.67. The monoisotopic (exact) mass is 618 g/mol. The van der Waals surface area contributed by atoms with Gasteiger partial charge in [0.15, 0.2) is 6.29 Å². The number of hydrogen-bond donors (Lipinski definition) is 3. The Morgan fingerprint density at radius 2 is 1.51 bits per heavy atom. The van der Waals surface area contributed by atoms with E-state index in [2.05, 4.69) is 10.0 Å². The molecule has 224 valence electrons. The van der Waals surface area contributed by atoms with Crippen molar-refractivity contribution in [3.05, 3.63) is 125 Å². The van der Waals surface area contributed by atoms with E-state index in [-0.39, 0.29) is 36.2 Å². The van der Waals surface area contributed by atoms with Crippen molar-refractivity contribution in [1.82, 2.24) is 4.72 Å². The molecule has 4 aromatic rings. The molecule has 0 unspecified atom stereocenters. The van der Waals surface area contributed by atoms with Crippen LogP contribution in [0.1, 0.15) is 48.0 Å². The second kappa shape index (κ2) is 14.3. The normalized spacial score (nSPS) is 18.7. The average Bonchev–Trinajstić information content (AvgIpc) is 3.04. The highest BCUT2D eigenvalue weighted by Crippen LogP contribution is 2.39. The van der Waals surface area contributed by atoms with Gasteiger partial charge in [0.05, 0.1) is 23.7 Å². The largest absolute Gasteiger partial charge is 0.392 e. The van der Waals surface area contributed by atoms with Crippen molar-refractivity contribution in [2.24, 2.45) is 0 Å². The minimum absolute atomic E-state index is 0.0224. The van der Waals surface area contributed by atoms with Gasteiger partial charge in [0, 0.05) is 41.8 Å². The van der Waals surface area contributed by atoms with Crippen LogP contribution in [-0.2, 0) is 37.4 Å². The first-order valence-electron chi connectivity index (χ1n) is 13.9. The number of aliphatic hydroxyl groups excluding tert-OH is 1. The molecule has 0 bridgehead atoms. The Hall–Kier alpha value is -3.51. The Bertz CT molecular complexity index is 1600. The number of carbonyl (C=O) groups is 1. The zero-order chi connectivity index (χ0) is 30.2. The molecule has 43 heavy (non-hydrogen) atoms. The van der Waals surface area contributed by atoms with Gasteiger partial charge in [-0.25, -0.2) is 13.1 Å². The van der Waals surface area contributed by atoms with Crippen molar-refractivity contribution in [3.63, 3.8) is 0 Å². The topological polar surface area (TPSA) is 114 Å². The first kappa shape index (κ1) is 30.9. The van der Waals surface area contributed by atoms with Crippen LogP contribution in [0.4, 0.5) is 5.69 Å². The molecule has 1 saturated heterocycles.